The van der Waals surface area contributed by atoms with Crippen LogP contribution in [0, 0.1) is 12.3 Å². The number of amides is 1. The highest BCUT2D eigenvalue weighted by atomic mass is 16.3. The molecular weight excluding hydrogens is 286 g/mol. The van der Waals surface area contributed by atoms with Crippen LogP contribution >= 0.6 is 0 Å². The predicted octanol–water partition coefficient (Wildman–Crippen LogP) is 4.24. The lowest BCUT2D eigenvalue weighted by atomic mass is 9.80. The monoisotopic (exact) mass is 317 g/mol. The normalized spacial score (nSPS) is 17.8. The molecule has 1 N–H and O–H groups in total. The Morgan fingerprint density at radius 1 is 1.22 bits per heavy atom. The van der Waals surface area contributed by atoms with Crippen molar-refractivity contribution in [3.05, 3.63) is 29.3 Å². The molecule has 3 heteroatoms. The van der Waals surface area contributed by atoms with E-state index in [4.69, 9.17) is 0 Å². The molecule has 1 aliphatic rings. The highest BCUT2D eigenvalue weighted by molar-refractivity contribution is 5.97. The number of aryl methyl sites for hydroxylation is 1. The van der Waals surface area contributed by atoms with Gasteiger partial charge >= 0.3 is 0 Å². The molecule has 0 radical (unpaired) electrons. The zero-order valence-corrected chi connectivity index (χ0v) is 15.3. The topological polar surface area (TPSA) is 40.5 Å². The van der Waals surface area contributed by atoms with E-state index in [9.17, 15) is 9.90 Å². The van der Waals surface area contributed by atoms with Crippen LogP contribution in [0.2, 0.25) is 0 Å². The SMILES string of the molecule is Cc1cccc(CC2(O)CCCCC2)c1N(C)C(=O)C(C)(C)C. The minimum atomic E-state index is -0.619. The summed E-state index contributed by atoms with van der Waals surface area (Å²) < 4.78 is 0. The van der Waals surface area contributed by atoms with Gasteiger partial charge in [0, 0.05) is 24.6 Å². The summed E-state index contributed by atoms with van der Waals surface area (Å²) in [5.41, 5.74) is 2.09. The van der Waals surface area contributed by atoms with Crippen LogP contribution in [-0.4, -0.2) is 23.7 Å². The first-order valence-corrected chi connectivity index (χ1v) is 8.73. The van der Waals surface area contributed by atoms with Crippen molar-refractivity contribution in [2.24, 2.45) is 5.41 Å². The summed E-state index contributed by atoms with van der Waals surface area (Å²) in [6, 6.07) is 6.12. The Morgan fingerprint density at radius 2 is 1.83 bits per heavy atom. The number of aliphatic hydroxyl groups is 1. The fourth-order valence-corrected chi connectivity index (χ4v) is 3.69. The van der Waals surface area contributed by atoms with E-state index in [0.29, 0.717) is 6.42 Å². The number of hydrogen-bond acceptors (Lipinski definition) is 2. The molecule has 128 valence electrons. The zero-order valence-electron chi connectivity index (χ0n) is 15.3. The molecule has 3 nitrogen and oxygen atoms in total. The van der Waals surface area contributed by atoms with E-state index in [1.54, 1.807) is 4.90 Å². The third-order valence-corrected chi connectivity index (χ3v) is 4.91. The molecular formula is C20H31NO2. The standard InChI is InChI=1S/C20H31NO2/c1-15-10-9-11-16(14-20(23)12-7-6-8-13-20)17(15)21(5)18(22)19(2,3)4/h9-11,23H,6-8,12-14H2,1-5H3. The average molecular weight is 317 g/mol. The van der Waals surface area contributed by atoms with Gasteiger partial charge in [0.1, 0.15) is 0 Å². The Morgan fingerprint density at radius 3 is 2.39 bits per heavy atom. The molecule has 0 aromatic heterocycles. The molecule has 0 spiro atoms. The van der Waals surface area contributed by atoms with Crippen molar-refractivity contribution >= 4 is 11.6 Å². The first kappa shape index (κ1) is 18.0. The van der Waals surface area contributed by atoms with Crippen LogP contribution in [0.4, 0.5) is 5.69 Å². The maximum Gasteiger partial charge on any atom is 0.232 e. The Bertz CT molecular complexity index is 565. The lowest BCUT2D eigenvalue weighted by molar-refractivity contribution is -0.125. The van der Waals surface area contributed by atoms with Crippen molar-refractivity contribution in [1.29, 1.82) is 0 Å². The van der Waals surface area contributed by atoms with Crippen LogP contribution in [-0.2, 0) is 11.2 Å². The molecule has 0 atom stereocenters. The number of benzene rings is 1. The zero-order chi connectivity index (χ0) is 17.3. The molecule has 2 rings (SSSR count). The van der Waals surface area contributed by atoms with E-state index in [0.717, 1.165) is 42.5 Å². The van der Waals surface area contributed by atoms with Gasteiger partial charge in [0.05, 0.1) is 5.60 Å². The lowest BCUT2D eigenvalue weighted by Crippen LogP contribution is -2.39. The van der Waals surface area contributed by atoms with Crippen molar-refractivity contribution in [3.63, 3.8) is 0 Å². The highest BCUT2D eigenvalue weighted by Gasteiger charge is 2.32. The Balaban J connectivity index is 2.34. The van der Waals surface area contributed by atoms with Gasteiger partial charge in [-0.2, -0.15) is 0 Å². The number of para-hydroxylation sites is 1. The van der Waals surface area contributed by atoms with Crippen LogP contribution < -0.4 is 4.90 Å². The first-order valence-electron chi connectivity index (χ1n) is 8.73. The van der Waals surface area contributed by atoms with Gasteiger partial charge in [-0.05, 0) is 30.9 Å². The number of carbonyl (C=O) groups is 1. The molecule has 0 unspecified atom stereocenters. The third kappa shape index (κ3) is 4.14. The third-order valence-electron chi connectivity index (χ3n) is 4.91. The summed E-state index contributed by atoms with van der Waals surface area (Å²) in [5.74, 6) is 0.101. The smallest absolute Gasteiger partial charge is 0.232 e. The number of carbonyl (C=O) groups excluding carboxylic acids is 1. The van der Waals surface area contributed by atoms with Crippen LogP contribution in [0.15, 0.2) is 18.2 Å². The maximum absolute atomic E-state index is 12.7. The number of nitrogens with zero attached hydrogens (tertiary/aromatic N) is 1. The Labute approximate surface area is 140 Å². The fraction of sp³-hybridized carbons (Fsp3) is 0.650. The molecule has 0 bridgehead atoms. The van der Waals surface area contributed by atoms with Crippen LogP contribution in [0.5, 0.6) is 0 Å². The van der Waals surface area contributed by atoms with Gasteiger partial charge in [0.2, 0.25) is 5.91 Å². The molecule has 23 heavy (non-hydrogen) atoms. The van der Waals surface area contributed by atoms with Gasteiger partial charge in [-0.3, -0.25) is 4.79 Å². The van der Waals surface area contributed by atoms with Crippen molar-refractivity contribution in [3.8, 4) is 0 Å². The van der Waals surface area contributed by atoms with Gasteiger partial charge in [-0.1, -0.05) is 58.2 Å². The van der Waals surface area contributed by atoms with E-state index in [1.807, 2.05) is 46.9 Å². The first-order chi connectivity index (χ1) is 10.6. The van der Waals surface area contributed by atoms with E-state index < -0.39 is 11.0 Å². The van der Waals surface area contributed by atoms with Crippen LogP contribution in [0.3, 0.4) is 0 Å². The lowest BCUT2D eigenvalue weighted by Gasteiger charge is -2.35. The second-order valence-electron chi connectivity index (χ2n) is 8.16. The summed E-state index contributed by atoms with van der Waals surface area (Å²) in [6.45, 7) is 7.87. The van der Waals surface area contributed by atoms with Gasteiger partial charge in [0.25, 0.3) is 0 Å². The van der Waals surface area contributed by atoms with Crippen molar-refractivity contribution in [2.45, 2.75) is 71.8 Å². The fourth-order valence-electron chi connectivity index (χ4n) is 3.69. The highest BCUT2D eigenvalue weighted by Crippen LogP contribution is 2.36. The molecule has 1 amide bonds. The molecule has 1 aromatic rings. The average Bonchev–Trinajstić information content (AvgIpc) is 2.45. The summed E-state index contributed by atoms with van der Waals surface area (Å²) >= 11 is 0. The molecule has 1 saturated carbocycles. The molecule has 1 aromatic carbocycles. The number of anilines is 1. The Hall–Kier alpha value is -1.35. The summed E-state index contributed by atoms with van der Waals surface area (Å²) in [7, 11) is 1.85. The van der Waals surface area contributed by atoms with Gasteiger partial charge in [0.15, 0.2) is 0 Å². The van der Waals surface area contributed by atoms with Crippen LogP contribution in [0.25, 0.3) is 0 Å². The summed E-state index contributed by atoms with van der Waals surface area (Å²) in [4.78, 5) is 14.5. The second kappa shape index (κ2) is 6.64. The van der Waals surface area contributed by atoms with E-state index in [-0.39, 0.29) is 5.91 Å². The molecule has 0 heterocycles. The van der Waals surface area contributed by atoms with Gasteiger partial charge < -0.3 is 10.0 Å². The van der Waals surface area contributed by atoms with E-state index in [1.165, 1.54) is 6.42 Å². The number of hydrogen-bond donors (Lipinski definition) is 1. The quantitative estimate of drug-likeness (QED) is 0.905. The largest absolute Gasteiger partial charge is 0.390 e. The molecule has 0 aliphatic heterocycles. The maximum atomic E-state index is 12.7. The van der Waals surface area contributed by atoms with E-state index >= 15 is 0 Å². The second-order valence-corrected chi connectivity index (χ2v) is 8.16. The molecule has 1 fully saturated rings. The summed E-state index contributed by atoms with van der Waals surface area (Å²) in [6.07, 6.45) is 5.74. The predicted molar refractivity (Wildman–Crippen MR) is 95.8 cm³/mol. The minimum absolute atomic E-state index is 0.101. The summed E-state index contributed by atoms with van der Waals surface area (Å²) in [5, 5.41) is 10.9. The molecule has 0 saturated heterocycles. The minimum Gasteiger partial charge on any atom is -0.390 e. The number of rotatable bonds is 3. The Kier molecular flexibility index (Phi) is 5.20. The van der Waals surface area contributed by atoms with Crippen molar-refractivity contribution in [1.82, 2.24) is 0 Å². The van der Waals surface area contributed by atoms with Crippen LogP contribution in [0.1, 0.15) is 64.0 Å². The molecule has 1 aliphatic carbocycles. The van der Waals surface area contributed by atoms with E-state index in [2.05, 4.69) is 6.07 Å². The van der Waals surface area contributed by atoms with Gasteiger partial charge in [-0.15, -0.1) is 0 Å². The van der Waals surface area contributed by atoms with Gasteiger partial charge in [-0.25, -0.2) is 0 Å². The van der Waals surface area contributed by atoms with Crippen molar-refractivity contribution in [2.75, 3.05) is 11.9 Å². The van der Waals surface area contributed by atoms with Crippen molar-refractivity contribution < 1.29 is 9.90 Å².